The Morgan fingerprint density at radius 2 is 2.04 bits per heavy atom. The first-order valence-corrected chi connectivity index (χ1v) is 9.99. The van der Waals surface area contributed by atoms with Gasteiger partial charge in [-0.1, -0.05) is 29.3 Å². The molecule has 1 aliphatic carbocycles. The molecule has 0 saturated carbocycles. The zero-order valence-electron chi connectivity index (χ0n) is 15.0. The topological polar surface area (TPSA) is 63.4 Å². The smallest absolute Gasteiger partial charge is 0.231 e. The van der Waals surface area contributed by atoms with E-state index in [1.54, 1.807) is 6.07 Å². The van der Waals surface area contributed by atoms with Gasteiger partial charge in [0.15, 0.2) is 11.5 Å². The summed E-state index contributed by atoms with van der Waals surface area (Å²) >= 11 is 12.6. The first kappa shape index (κ1) is 17.7. The number of hydrogen-bond acceptors (Lipinski definition) is 3. The minimum absolute atomic E-state index is 0.00120. The van der Waals surface area contributed by atoms with Gasteiger partial charge in [0, 0.05) is 27.7 Å². The summed E-state index contributed by atoms with van der Waals surface area (Å²) in [6.07, 6.45) is 2.82. The minimum atomic E-state index is 0.00120. The molecule has 1 aromatic heterocycles. The molecule has 0 saturated heterocycles. The van der Waals surface area contributed by atoms with Crippen molar-refractivity contribution in [2.24, 2.45) is 0 Å². The average Bonchev–Trinajstić information content (AvgIpc) is 3.24. The summed E-state index contributed by atoms with van der Waals surface area (Å²) in [4.78, 5) is 16.0. The molecule has 28 heavy (non-hydrogen) atoms. The fourth-order valence-corrected chi connectivity index (χ4v) is 4.72. The Balaban J connectivity index is 1.30. The van der Waals surface area contributed by atoms with E-state index in [0.717, 1.165) is 41.5 Å². The first-order valence-electron chi connectivity index (χ1n) is 9.23. The molecule has 0 bridgehead atoms. The summed E-state index contributed by atoms with van der Waals surface area (Å²) < 4.78 is 10.7. The van der Waals surface area contributed by atoms with E-state index >= 15 is 0 Å². The van der Waals surface area contributed by atoms with E-state index < -0.39 is 0 Å². The molecule has 7 heteroatoms. The van der Waals surface area contributed by atoms with Crippen LogP contribution in [0.2, 0.25) is 10.0 Å². The fraction of sp³-hybridized carbons (Fsp3) is 0.286. The van der Waals surface area contributed by atoms with Crippen molar-refractivity contribution in [3.63, 3.8) is 0 Å². The molecule has 5 rings (SSSR count). The van der Waals surface area contributed by atoms with E-state index in [1.807, 2.05) is 24.3 Å². The number of ether oxygens (including phenoxy) is 2. The number of nitrogens with one attached hydrogen (secondary N) is 2. The van der Waals surface area contributed by atoms with Gasteiger partial charge in [-0.15, -0.1) is 0 Å². The number of benzene rings is 2. The van der Waals surface area contributed by atoms with Crippen molar-refractivity contribution in [1.82, 2.24) is 10.3 Å². The monoisotopic (exact) mass is 416 g/mol. The van der Waals surface area contributed by atoms with Gasteiger partial charge in [-0.05, 0) is 54.7 Å². The normalized spacial score (nSPS) is 17.6. The van der Waals surface area contributed by atoms with Crippen LogP contribution >= 0.6 is 23.2 Å². The number of aryl methyl sites for hydroxylation is 1. The van der Waals surface area contributed by atoms with Crippen molar-refractivity contribution in [3.05, 3.63) is 57.2 Å². The highest BCUT2D eigenvalue weighted by atomic mass is 35.5. The van der Waals surface area contributed by atoms with Gasteiger partial charge in [-0.3, -0.25) is 4.79 Å². The van der Waals surface area contributed by atoms with Crippen LogP contribution in [0.5, 0.6) is 11.5 Å². The lowest BCUT2D eigenvalue weighted by Crippen LogP contribution is -2.39. The lowest BCUT2D eigenvalue weighted by atomic mass is 9.91. The number of amides is 1. The van der Waals surface area contributed by atoms with Gasteiger partial charge in [0.25, 0.3) is 0 Å². The second-order valence-corrected chi connectivity index (χ2v) is 8.11. The number of carbonyl (C=O) groups is 1. The number of H-pyrrole nitrogens is 1. The maximum atomic E-state index is 12.6. The molecule has 5 nitrogen and oxygen atoms in total. The molecule has 1 amide bonds. The van der Waals surface area contributed by atoms with E-state index in [9.17, 15) is 4.79 Å². The number of aromatic nitrogens is 1. The second-order valence-electron chi connectivity index (χ2n) is 7.26. The lowest BCUT2D eigenvalue weighted by Gasteiger charge is -2.24. The quantitative estimate of drug-likeness (QED) is 0.663. The Hall–Kier alpha value is -2.37. The molecular weight excluding hydrogens is 399 g/mol. The number of carbonyl (C=O) groups excluding carboxylic acids is 1. The Labute approximate surface area is 171 Å². The highest BCUT2D eigenvalue weighted by molar-refractivity contribution is 6.38. The van der Waals surface area contributed by atoms with Crippen molar-refractivity contribution in [2.75, 3.05) is 6.79 Å². The summed E-state index contributed by atoms with van der Waals surface area (Å²) in [5.74, 6) is 1.42. The standard InChI is InChI=1S/C21H18Cl2N2O3/c22-12-7-15(23)21-14-9-13(2-3-16(14)25-17(21)8-12)24-20(26)6-11-1-4-18-19(5-11)28-10-27-18/h1,4-5,7-8,13,25H,2-3,6,9-10H2,(H,24,26). The fourth-order valence-electron chi connectivity index (χ4n) is 4.11. The van der Waals surface area contributed by atoms with Crippen molar-refractivity contribution < 1.29 is 14.3 Å². The molecule has 2 N–H and O–H groups in total. The van der Waals surface area contributed by atoms with Crippen LogP contribution < -0.4 is 14.8 Å². The Kier molecular flexibility index (Phi) is 4.37. The minimum Gasteiger partial charge on any atom is -0.454 e. The van der Waals surface area contributed by atoms with Gasteiger partial charge in [-0.2, -0.15) is 0 Å². The maximum Gasteiger partial charge on any atom is 0.231 e. The molecule has 0 spiro atoms. The summed E-state index contributed by atoms with van der Waals surface area (Å²) in [5, 5.41) is 5.44. The highest BCUT2D eigenvalue weighted by Gasteiger charge is 2.25. The number of hydrogen-bond donors (Lipinski definition) is 2. The van der Waals surface area contributed by atoms with E-state index in [1.165, 1.54) is 11.3 Å². The molecule has 0 radical (unpaired) electrons. The number of aromatic amines is 1. The number of rotatable bonds is 3. The summed E-state index contributed by atoms with van der Waals surface area (Å²) in [7, 11) is 0. The molecule has 1 aliphatic heterocycles. The zero-order valence-corrected chi connectivity index (χ0v) is 16.5. The zero-order chi connectivity index (χ0) is 19.3. The SMILES string of the molecule is O=C(Cc1ccc2c(c1)OCO2)NC1CCc2[nH]c3cc(Cl)cc(Cl)c3c2C1. The van der Waals surface area contributed by atoms with Crippen molar-refractivity contribution >= 4 is 40.0 Å². The van der Waals surface area contributed by atoms with Crippen LogP contribution in [0.15, 0.2) is 30.3 Å². The summed E-state index contributed by atoms with van der Waals surface area (Å²) in [6.45, 7) is 0.230. The van der Waals surface area contributed by atoms with Crippen LogP contribution in [0.25, 0.3) is 10.9 Å². The van der Waals surface area contributed by atoms with Crippen molar-refractivity contribution in [2.45, 2.75) is 31.7 Å². The molecule has 1 unspecified atom stereocenters. The van der Waals surface area contributed by atoms with Crippen LogP contribution in [0, 0.1) is 0 Å². The Morgan fingerprint density at radius 1 is 1.18 bits per heavy atom. The van der Waals surface area contributed by atoms with E-state index in [2.05, 4.69) is 10.3 Å². The van der Waals surface area contributed by atoms with E-state index in [-0.39, 0.29) is 18.7 Å². The van der Waals surface area contributed by atoms with Gasteiger partial charge in [0.2, 0.25) is 12.7 Å². The lowest BCUT2D eigenvalue weighted by molar-refractivity contribution is -0.121. The van der Waals surface area contributed by atoms with Crippen LogP contribution in [-0.4, -0.2) is 23.7 Å². The van der Waals surface area contributed by atoms with E-state index in [0.29, 0.717) is 22.2 Å². The maximum absolute atomic E-state index is 12.6. The molecule has 0 fully saturated rings. The molecule has 1 atom stereocenters. The Bertz CT molecular complexity index is 1090. The predicted molar refractivity (Wildman–Crippen MR) is 109 cm³/mol. The third-order valence-corrected chi connectivity index (χ3v) is 5.88. The van der Waals surface area contributed by atoms with Gasteiger partial charge in [0.1, 0.15) is 0 Å². The molecule has 3 aromatic rings. The van der Waals surface area contributed by atoms with Crippen LogP contribution in [0.1, 0.15) is 23.2 Å². The Morgan fingerprint density at radius 3 is 2.93 bits per heavy atom. The van der Waals surface area contributed by atoms with Gasteiger partial charge >= 0.3 is 0 Å². The third kappa shape index (κ3) is 3.19. The predicted octanol–water partition coefficient (Wildman–Crippen LogP) is 4.42. The van der Waals surface area contributed by atoms with Crippen LogP contribution in [-0.2, 0) is 24.1 Å². The molecular formula is C21H18Cl2N2O3. The van der Waals surface area contributed by atoms with Gasteiger partial charge < -0.3 is 19.8 Å². The number of halogens is 2. The molecule has 2 aromatic carbocycles. The highest BCUT2D eigenvalue weighted by Crippen LogP contribution is 2.36. The molecule has 144 valence electrons. The van der Waals surface area contributed by atoms with Crippen molar-refractivity contribution in [3.8, 4) is 11.5 Å². The van der Waals surface area contributed by atoms with Crippen LogP contribution in [0.3, 0.4) is 0 Å². The first-order chi connectivity index (χ1) is 13.6. The largest absolute Gasteiger partial charge is 0.454 e. The molecule has 2 heterocycles. The third-order valence-electron chi connectivity index (χ3n) is 5.37. The van der Waals surface area contributed by atoms with Gasteiger partial charge in [-0.25, -0.2) is 0 Å². The second kappa shape index (κ2) is 6.90. The summed E-state index contributed by atoms with van der Waals surface area (Å²) in [6, 6.07) is 9.35. The number of fused-ring (bicyclic) bond motifs is 4. The van der Waals surface area contributed by atoms with Crippen LogP contribution in [0.4, 0.5) is 0 Å². The summed E-state index contributed by atoms with van der Waals surface area (Å²) in [5.41, 5.74) is 4.22. The average molecular weight is 417 g/mol. The van der Waals surface area contributed by atoms with Crippen molar-refractivity contribution in [1.29, 1.82) is 0 Å². The molecule has 2 aliphatic rings. The van der Waals surface area contributed by atoms with Gasteiger partial charge in [0.05, 0.1) is 11.4 Å². The van der Waals surface area contributed by atoms with E-state index in [4.69, 9.17) is 32.7 Å².